The minimum atomic E-state index is -0.170. The topological polar surface area (TPSA) is 90.5 Å². The van der Waals surface area contributed by atoms with Gasteiger partial charge in [-0.15, -0.1) is 0 Å². The van der Waals surface area contributed by atoms with Gasteiger partial charge >= 0.3 is 0 Å². The molecule has 0 aliphatic heterocycles. The van der Waals surface area contributed by atoms with Crippen molar-refractivity contribution in [1.29, 1.82) is 0 Å². The Hall–Kier alpha value is -2.41. The van der Waals surface area contributed by atoms with Crippen LogP contribution in [0.4, 0.5) is 11.4 Å². The Morgan fingerprint density at radius 2 is 1.43 bits per heavy atom. The van der Waals surface area contributed by atoms with Crippen LogP contribution in [0.1, 0.15) is 52.4 Å². The predicted octanol–water partition coefficient (Wildman–Crippen LogP) is 2.74. The van der Waals surface area contributed by atoms with Gasteiger partial charge in [0.25, 0.3) is 0 Å². The van der Waals surface area contributed by atoms with Crippen molar-refractivity contribution in [3.8, 4) is 0 Å². The van der Waals surface area contributed by atoms with Crippen LogP contribution in [0, 0.1) is 0 Å². The fraction of sp³-hybridized carbons (Fsp3) is 0.571. The number of carbonyl (C=O) groups is 3. The van der Waals surface area contributed by atoms with Gasteiger partial charge in [-0.25, -0.2) is 0 Å². The molecule has 1 aromatic rings. The smallest absolute Gasteiger partial charge is 0.238 e. The summed E-state index contributed by atoms with van der Waals surface area (Å²) in [5.41, 5.74) is 1.33. The molecular weight excluding hydrogens is 356 g/mol. The molecule has 7 heteroatoms. The zero-order chi connectivity index (χ0) is 20.4. The van der Waals surface area contributed by atoms with Gasteiger partial charge in [-0.05, 0) is 43.7 Å². The van der Waals surface area contributed by atoms with E-state index in [0.29, 0.717) is 17.9 Å². The lowest BCUT2D eigenvalue weighted by atomic mass is 10.1. The van der Waals surface area contributed by atoms with Crippen molar-refractivity contribution in [3.05, 3.63) is 24.3 Å². The van der Waals surface area contributed by atoms with Gasteiger partial charge in [0.1, 0.15) is 0 Å². The van der Waals surface area contributed by atoms with Crippen LogP contribution in [0.2, 0.25) is 0 Å². The summed E-state index contributed by atoms with van der Waals surface area (Å²) < 4.78 is 0. The zero-order valence-corrected chi connectivity index (χ0v) is 16.9. The fourth-order valence-electron chi connectivity index (χ4n) is 3.42. The maximum Gasteiger partial charge on any atom is 0.238 e. The van der Waals surface area contributed by atoms with E-state index in [0.717, 1.165) is 12.8 Å². The molecule has 0 unspecified atom stereocenters. The molecule has 3 amide bonds. The maximum absolute atomic E-state index is 12.3. The summed E-state index contributed by atoms with van der Waals surface area (Å²) in [6, 6.07) is 7.20. The molecule has 1 aromatic carbocycles. The average molecular weight is 389 g/mol. The Labute approximate surface area is 167 Å². The van der Waals surface area contributed by atoms with Crippen LogP contribution in [0.25, 0.3) is 0 Å². The third-order valence-corrected chi connectivity index (χ3v) is 4.89. The number of carbonyl (C=O) groups excluding carboxylic acids is 3. The molecule has 7 nitrogen and oxygen atoms in total. The zero-order valence-electron chi connectivity index (χ0n) is 16.9. The van der Waals surface area contributed by atoms with Crippen molar-refractivity contribution in [2.24, 2.45) is 0 Å². The van der Waals surface area contributed by atoms with Gasteiger partial charge in [-0.1, -0.05) is 32.6 Å². The number of nitrogens with one attached hydrogen (secondary N) is 3. The summed E-state index contributed by atoms with van der Waals surface area (Å²) in [6.45, 7) is 4.38. The average Bonchev–Trinajstić information content (AvgIpc) is 2.91. The molecule has 1 aliphatic rings. The van der Waals surface area contributed by atoms with Crippen LogP contribution < -0.4 is 16.0 Å². The van der Waals surface area contributed by atoms with Gasteiger partial charge in [0.05, 0.1) is 13.1 Å². The molecule has 28 heavy (non-hydrogen) atoms. The van der Waals surface area contributed by atoms with Crippen LogP contribution in [0.5, 0.6) is 0 Å². The second-order valence-corrected chi connectivity index (χ2v) is 7.37. The highest BCUT2D eigenvalue weighted by Crippen LogP contribution is 2.17. The number of hydrogen-bond donors (Lipinski definition) is 3. The number of rotatable bonds is 8. The number of anilines is 2. The fourth-order valence-corrected chi connectivity index (χ4v) is 3.42. The first-order valence-electron chi connectivity index (χ1n) is 10.2. The summed E-state index contributed by atoms with van der Waals surface area (Å²) in [5.74, 6) is -0.324. The number of amides is 3. The van der Waals surface area contributed by atoms with Crippen LogP contribution in [-0.4, -0.2) is 48.3 Å². The van der Waals surface area contributed by atoms with Crippen molar-refractivity contribution < 1.29 is 14.4 Å². The lowest BCUT2D eigenvalue weighted by molar-refractivity contribution is -0.124. The molecule has 1 aliphatic carbocycles. The van der Waals surface area contributed by atoms with Crippen LogP contribution in [0.3, 0.4) is 0 Å². The van der Waals surface area contributed by atoms with E-state index in [1.807, 2.05) is 11.8 Å². The largest absolute Gasteiger partial charge is 0.352 e. The molecule has 0 saturated heterocycles. The van der Waals surface area contributed by atoms with E-state index in [9.17, 15) is 14.4 Å². The minimum Gasteiger partial charge on any atom is -0.352 e. The van der Waals surface area contributed by atoms with E-state index < -0.39 is 0 Å². The van der Waals surface area contributed by atoms with Crippen molar-refractivity contribution in [1.82, 2.24) is 10.2 Å². The van der Waals surface area contributed by atoms with E-state index in [4.69, 9.17) is 0 Å². The van der Waals surface area contributed by atoms with Gasteiger partial charge < -0.3 is 16.0 Å². The van der Waals surface area contributed by atoms with Gasteiger partial charge in [0.2, 0.25) is 17.7 Å². The molecule has 154 valence electrons. The van der Waals surface area contributed by atoms with Gasteiger partial charge in [0.15, 0.2) is 0 Å². The first-order chi connectivity index (χ1) is 13.5. The second kappa shape index (κ2) is 11.4. The van der Waals surface area contributed by atoms with E-state index in [1.54, 1.807) is 24.3 Å². The molecule has 1 fully saturated rings. The molecule has 3 N–H and O–H groups in total. The molecule has 0 bridgehead atoms. The highest BCUT2D eigenvalue weighted by Gasteiger charge is 2.18. The quantitative estimate of drug-likeness (QED) is 0.597. The number of benzene rings is 1. The van der Waals surface area contributed by atoms with Crippen LogP contribution >= 0.6 is 0 Å². The summed E-state index contributed by atoms with van der Waals surface area (Å²) in [5, 5.41) is 8.63. The Morgan fingerprint density at radius 3 is 1.96 bits per heavy atom. The van der Waals surface area contributed by atoms with E-state index in [-0.39, 0.29) is 36.9 Å². The summed E-state index contributed by atoms with van der Waals surface area (Å²) in [7, 11) is 0. The summed E-state index contributed by atoms with van der Waals surface area (Å²) >= 11 is 0. The molecule has 0 aromatic heterocycles. The molecule has 1 saturated carbocycles. The van der Waals surface area contributed by atoms with E-state index in [1.165, 1.54) is 32.6 Å². The second-order valence-electron chi connectivity index (χ2n) is 7.37. The minimum absolute atomic E-state index is 0.0128. The highest BCUT2D eigenvalue weighted by molar-refractivity contribution is 5.93. The van der Waals surface area contributed by atoms with Crippen molar-refractivity contribution >= 4 is 29.1 Å². The third kappa shape index (κ3) is 8.08. The Bertz CT molecular complexity index is 652. The molecule has 0 atom stereocenters. The first-order valence-corrected chi connectivity index (χ1v) is 10.2. The van der Waals surface area contributed by atoms with Crippen molar-refractivity contribution in [3.63, 3.8) is 0 Å². The van der Waals surface area contributed by atoms with Gasteiger partial charge in [0, 0.05) is 24.3 Å². The highest BCUT2D eigenvalue weighted by atomic mass is 16.2. The Balaban J connectivity index is 1.78. The number of nitrogens with zero attached hydrogens (tertiary/aromatic N) is 1. The van der Waals surface area contributed by atoms with E-state index in [2.05, 4.69) is 16.0 Å². The van der Waals surface area contributed by atoms with Gasteiger partial charge in [-0.3, -0.25) is 19.3 Å². The molecule has 0 heterocycles. The van der Waals surface area contributed by atoms with Gasteiger partial charge in [-0.2, -0.15) is 0 Å². The normalized spacial score (nSPS) is 15.0. The molecule has 0 spiro atoms. The lowest BCUT2D eigenvalue weighted by Crippen LogP contribution is -2.44. The lowest BCUT2D eigenvalue weighted by Gasteiger charge is -2.22. The monoisotopic (exact) mass is 388 g/mol. The van der Waals surface area contributed by atoms with Crippen LogP contribution in [0.15, 0.2) is 24.3 Å². The molecule has 2 rings (SSSR count). The summed E-state index contributed by atoms with van der Waals surface area (Å²) in [6.07, 6.45) is 6.94. The molecular formula is C21H32N4O3. The predicted molar refractivity (Wildman–Crippen MR) is 111 cm³/mol. The van der Waals surface area contributed by atoms with Crippen molar-refractivity contribution in [2.75, 3.05) is 30.3 Å². The summed E-state index contributed by atoms with van der Waals surface area (Å²) in [4.78, 5) is 37.5. The van der Waals surface area contributed by atoms with Crippen LogP contribution in [-0.2, 0) is 14.4 Å². The maximum atomic E-state index is 12.3. The SMILES string of the molecule is CCN(CC(=O)Nc1ccc(NC(C)=O)cc1)CC(=O)NC1CCCCCC1. The van der Waals surface area contributed by atoms with E-state index >= 15 is 0 Å². The number of hydrogen-bond acceptors (Lipinski definition) is 4. The Morgan fingerprint density at radius 1 is 0.893 bits per heavy atom. The van der Waals surface area contributed by atoms with Crippen molar-refractivity contribution in [2.45, 2.75) is 58.4 Å². The number of likely N-dealkylation sites (N-methyl/N-ethyl adjacent to an activating group) is 1. The first kappa shape index (κ1) is 21.9. The molecule has 0 radical (unpaired) electrons. The third-order valence-electron chi connectivity index (χ3n) is 4.89. The Kier molecular flexibility index (Phi) is 8.94. The standard InChI is InChI=1S/C21H32N4O3/c1-3-25(14-20(27)23-17-8-6-4-5-7-9-17)15-21(28)24-19-12-10-18(11-13-19)22-16(2)26/h10-13,17H,3-9,14-15H2,1-2H3,(H,22,26)(H,23,27)(H,24,28).